The van der Waals surface area contributed by atoms with Crippen LogP contribution in [0.5, 0.6) is 5.75 Å². The Morgan fingerprint density at radius 3 is 2.48 bits per heavy atom. The predicted molar refractivity (Wildman–Crippen MR) is 102 cm³/mol. The summed E-state index contributed by atoms with van der Waals surface area (Å²) in [4.78, 5) is 17.4. The number of ether oxygens (including phenoxy) is 1. The van der Waals surface area contributed by atoms with E-state index in [1.165, 1.54) is 17.7 Å². The summed E-state index contributed by atoms with van der Waals surface area (Å²) in [6.07, 6.45) is 2.20. The van der Waals surface area contributed by atoms with Crippen LogP contribution in [0.25, 0.3) is 0 Å². The lowest BCUT2D eigenvalue weighted by Gasteiger charge is -2.36. The van der Waals surface area contributed by atoms with Crippen molar-refractivity contribution in [2.75, 3.05) is 26.7 Å². The number of rotatable bonds is 4. The van der Waals surface area contributed by atoms with E-state index >= 15 is 0 Å². The second-order valence-corrected chi connectivity index (χ2v) is 7.60. The molecule has 0 aliphatic carbocycles. The van der Waals surface area contributed by atoms with Crippen LogP contribution in [0.4, 0.5) is 4.39 Å². The summed E-state index contributed by atoms with van der Waals surface area (Å²) in [6.45, 7) is 3.57. The second-order valence-electron chi connectivity index (χ2n) is 7.60. The van der Waals surface area contributed by atoms with Crippen molar-refractivity contribution < 1.29 is 13.9 Å². The Hall–Kier alpha value is -2.40. The number of piperidine rings is 1. The molecule has 5 heteroatoms. The van der Waals surface area contributed by atoms with Gasteiger partial charge in [0.15, 0.2) is 0 Å². The van der Waals surface area contributed by atoms with Crippen LogP contribution in [0.2, 0.25) is 0 Å². The number of hydrogen-bond donors (Lipinski definition) is 0. The minimum atomic E-state index is -0.311. The van der Waals surface area contributed by atoms with E-state index in [4.69, 9.17) is 4.74 Å². The highest BCUT2D eigenvalue weighted by molar-refractivity contribution is 5.94. The fourth-order valence-corrected chi connectivity index (χ4v) is 4.30. The van der Waals surface area contributed by atoms with E-state index in [0.29, 0.717) is 11.5 Å². The van der Waals surface area contributed by atoms with Gasteiger partial charge in [-0.1, -0.05) is 12.1 Å². The van der Waals surface area contributed by atoms with Gasteiger partial charge < -0.3 is 9.64 Å². The zero-order chi connectivity index (χ0) is 18.8. The second kappa shape index (κ2) is 7.69. The highest BCUT2D eigenvalue weighted by Gasteiger charge is 2.37. The summed E-state index contributed by atoms with van der Waals surface area (Å²) in [5, 5.41) is 0. The van der Waals surface area contributed by atoms with Crippen molar-refractivity contribution >= 4 is 5.91 Å². The number of halogens is 1. The highest BCUT2D eigenvalue weighted by atomic mass is 19.1. The molecule has 4 nitrogen and oxygen atoms in total. The highest BCUT2D eigenvalue weighted by Crippen LogP contribution is 2.30. The van der Waals surface area contributed by atoms with Crippen LogP contribution in [0.3, 0.4) is 0 Å². The molecule has 0 spiro atoms. The Kier molecular flexibility index (Phi) is 5.12. The van der Waals surface area contributed by atoms with Gasteiger partial charge >= 0.3 is 0 Å². The third kappa shape index (κ3) is 3.98. The van der Waals surface area contributed by atoms with E-state index in [2.05, 4.69) is 17.0 Å². The molecule has 0 aromatic heterocycles. The van der Waals surface area contributed by atoms with Crippen molar-refractivity contribution in [3.05, 3.63) is 65.5 Å². The normalized spacial score (nSPS) is 22.5. The summed E-state index contributed by atoms with van der Waals surface area (Å²) < 4.78 is 18.4. The lowest BCUT2D eigenvalue weighted by atomic mass is 9.94. The molecule has 5 rings (SSSR count). The molecule has 2 atom stereocenters. The molecule has 3 aliphatic rings. The first kappa shape index (κ1) is 18.0. The minimum absolute atomic E-state index is 0.0241. The number of nitrogens with zero attached hydrogens (tertiary/aromatic N) is 2. The summed E-state index contributed by atoms with van der Waals surface area (Å²) in [5.74, 6) is 1.07. The van der Waals surface area contributed by atoms with Gasteiger partial charge in [0.25, 0.3) is 5.91 Å². The van der Waals surface area contributed by atoms with E-state index in [9.17, 15) is 9.18 Å². The minimum Gasteiger partial charge on any atom is -0.497 e. The lowest BCUT2D eigenvalue weighted by Crippen LogP contribution is -2.47. The number of methoxy groups -OCH3 is 1. The zero-order valence-electron chi connectivity index (χ0n) is 15.6. The van der Waals surface area contributed by atoms with Gasteiger partial charge in [-0.05, 0) is 60.7 Å². The molecule has 3 saturated heterocycles. The van der Waals surface area contributed by atoms with Crippen LogP contribution in [0, 0.1) is 11.7 Å². The molecule has 3 heterocycles. The van der Waals surface area contributed by atoms with Gasteiger partial charge in [-0.15, -0.1) is 0 Å². The summed E-state index contributed by atoms with van der Waals surface area (Å²) >= 11 is 0. The maximum atomic E-state index is 13.2. The van der Waals surface area contributed by atoms with E-state index in [-0.39, 0.29) is 17.8 Å². The Bertz CT molecular complexity index is 791. The quantitative estimate of drug-likeness (QED) is 0.827. The van der Waals surface area contributed by atoms with Gasteiger partial charge in [-0.3, -0.25) is 9.69 Å². The van der Waals surface area contributed by atoms with Crippen LogP contribution >= 0.6 is 0 Å². The van der Waals surface area contributed by atoms with Crippen LogP contribution in [-0.2, 0) is 6.54 Å². The molecule has 1 amide bonds. The van der Waals surface area contributed by atoms with Crippen molar-refractivity contribution in [2.45, 2.75) is 25.4 Å². The van der Waals surface area contributed by atoms with E-state index in [1.54, 1.807) is 19.2 Å². The van der Waals surface area contributed by atoms with Crippen molar-refractivity contribution in [3.63, 3.8) is 0 Å². The van der Waals surface area contributed by atoms with Gasteiger partial charge in [0, 0.05) is 37.8 Å². The third-order valence-corrected chi connectivity index (χ3v) is 5.71. The molecule has 27 heavy (non-hydrogen) atoms. The van der Waals surface area contributed by atoms with Crippen LogP contribution < -0.4 is 4.74 Å². The molecule has 3 aliphatic heterocycles. The largest absolute Gasteiger partial charge is 0.497 e. The SMILES string of the molecule is COc1ccc(CN2C[C@H]3CC[C@@H](C2)N(C(=O)c2ccc(F)cc2)C3)cc1. The fourth-order valence-electron chi connectivity index (χ4n) is 4.30. The summed E-state index contributed by atoms with van der Waals surface area (Å²) in [5.41, 5.74) is 1.83. The maximum Gasteiger partial charge on any atom is 0.254 e. The predicted octanol–water partition coefficient (Wildman–Crippen LogP) is 3.57. The van der Waals surface area contributed by atoms with E-state index in [0.717, 1.165) is 44.8 Å². The zero-order valence-corrected chi connectivity index (χ0v) is 15.6. The number of carbonyl (C=O) groups is 1. The number of hydrogen-bond acceptors (Lipinski definition) is 3. The molecule has 0 radical (unpaired) electrons. The molecule has 0 saturated carbocycles. The average Bonchev–Trinajstić information content (AvgIpc) is 2.99. The van der Waals surface area contributed by atoms with Gasteiger partial charge in [0.2, 0.25) is 0 Å². The van der Waals surface area contributed by atoms with Crippen molar-refractivity contribution in [1.29, 1.82) is 0 Å². The molecule has 142 valence electrons. The van der Waals surface area contributed by atoms with Gasteiger partial charge in [0.1, 0.15) is 11.6 Å². The Morgan fingerprint density at radius 2 is 1.78 bits per heavy atom. The fraction of sp³-hybridized carbons (Fsp3) is 0.409. The molecule has 2 bridgehead atoms. The van der Waals surface area contributed by atoms with Gasteiger partial charge in [-0.2, -0.15) is 0 Å². The van der Waals surface area contributed by atoms with Crippen molar-refractivity contribution in [3.8, 4) is 5.75 Å². The Labute approximate surface area is 159 Å². The van der Waals surface area contributed by atoms with Crippen LogP contribution in [0.1, 0.15) is 28.8 Å². The smallest absolute Gasteiger partial charge is 0.254 e. The number of carbonyl (C=O) groups excluding carboxylic acids is 1. The third-order valence-electron chi connectivity index (χ3n) is 5.71. The number of benzene rings is 2. The molecule has 3 fully saturated rings. The van der Waals surface area contributed by atoms with Crippen molar-refractivity contribution in [2.24, 2.45) is 5.92 Å². The average molecular weight is 368 g/mol. The molecule has 0 N–H and O–H groups in total. The monoisotopic (exact) mass is 368 g/mol. The van der Waals surface area contributed by atoms with Gasteiger partial charge in [0.05, 0.1) is 7.11 Å². The molecule has 0 unspecified atom stereocenters. The lowest BCUT2D eigenvalue weighted by molar-refractivity contribution is 0.0585. The first-order valence-corrected chi connectivity index (χ1v) is 9.54. The summed E-state index contributed by atoms with van der Waals surface area (Å²) in [7, 11) is 1.67. The van der Waals surface area contributed by atoms with E-state index in [1.807, 2.05) is 17.0 Å². The maximum absolute atomic E-state index is 13.2. The Balaban J connectivity index is 1.46. The Morgan fingerprint density at radius 1 is 1.04 bits per heavy atom. The summed E-state index contributed by atoms with van der Waals surface area (Å²) in [6, 6.07) is 14.3. The molecule has 2 aromatic rings. The van der Waals surface area contributed by atoms with Gasteiger partial charge in [-0.25, -0.2) is 4.39 Å². The molecule has 2 aromatic carbocycles. The van der Waals surface area contributed by atoms with Crippen molar-refractivity contribution in [1.82, 2.24) is 9.80 Å². The topological polar surface area (TPSA) is 32.8 Å². The van der Waals surface area contributed by atoms with Crippen LogP contribution in [0.15, 0.2) is 48.5 Å². The van der Waals surface area contributed by atoms with E-state index < -0.39 is 0 Å². The molecular formula is C22H25FN2O2. The standard InChI is InChI=1S/C22H25FN2O2/c1-27-21-10-3-16(4-11-21)12-24-13-17-2-9-20(15-24)25(14-17)22(26)18-5-7-19(23)8-6-18/h3-8,10-11,17,20H,2,9,12-15H2,1H3/t17-,20+/m1/s1. The number of fused-ring (bicyclic) bond motifs is 4. The first-order valence-electron chi connectivity index (χ1n) is 9.54. The van der Waals surface area contributed by atoms with Crippen LogP contribution in [-0.4, -0.2) is 48.5 Å². The number of amides is 1. The molecular weight excluding hydrogens is 343 g/mol. The first-order chi connectivity index (χ1) is 13.1.